The van der Waals surface area contributed by atoms with E-state index in [2.05, 4.69) is 10.6 Å². The molecule has 0 aliphatic carbocycles. The van der Waals surface area contributed by atoms with Crippen LogP contribution in [0.3, 0.4) is 0 Å². The third-order valence-corrected chi connectivity index (χ3v) is 4.35. The number of Topliss-reactive ketones (excluding diaryl/α,β-unsaturated/α-hetero) is 1. The summed E-state index contributed by atoms with van der Waals surface area (Å²) in [5, 5.41) is 4.83. The number of rotatable bonds is 8. The molecular formula is C21H22F2N2O3. The molecule has 7 heteroatoms. The maximum atomic E-state index is 13.5. The van der Waals surface area contributed by atoms with Crippen LogP contribution < -0.4 is 10.6 Å². The van der Waals surface area contributed by atoms with Gasteiger partial charge in [0.1, 0.15) is 6.04 Å². The quantitative estimate of drug-likeness (QED) is 0.683. The Hall–Kier alpha value is -3.09. The predicted octanol–water partition coefficient (Wildman–Crippen LogP) is 3.09. The molecule has 0 aliphatic heterocycles. The van der Waals surface area contributed by atoms with E-state index in [4.69, 9.17) is 0 Å². The lowest BCUT2D eigenvalue weighted by molar-refractivity contribution is -0.128. The standard InChI is InChI=1S/C21H22F2N2O3/c1-3-13-4-6-14(7-5-13)18(26)10-11-19(27)25-20(21(28)24-2)15-8-9-16(22)17(23)12-15/h4-9,12,20H,3,10-11H2,1-2H3,(H,24,28)(H,25,27). The van der Waals surface area contributed by atoms with Crippen molar-refractivity contribution < 1.29 is 23.2 Å². The van der Waals surface area contributed by atoms with Crippen LogP contribution in [0.5, 0.6) is 0 Å². The highest BCUT2D eigenvalue weighted by Gasteiger charge is 2.23. The van der Waals surface area contributed by atoms with Crippen molar-refractivity contribution in [2.24, 2.45) is 0 Å². The van der Waals surface area contributed by atoms with Crippen LogP contribution in [-0.4, -0.2) is 24.6 Å². The highest BCUT2D eigenvalue weighted by Crippen LogP contribution is 2.17. The molecule has 2 amide bonds. The molecule has 0 saturated heterocycles. The highest BCUT2D eigenvalue weighted by atomic mass is 19.2. The Bertz CT molecular complexity index is 866. The Morgan fingerprint density at radius 2 is 1.64 bits per heavy atom. The van der Waals surface area contributed by atoms with Crippen LogP contribution in [0.2, 0.25) is 0 Å². The van der Waals surface area contributed by atoms with Crippen LogP contribution in [-0.2, 0) is 16.0 Å². The lowest BCUT2D eigenvalue weighted by Crippen LogP contribution is -2.39. The molecule has 2 N–H and O–H groups in total. The fraction of sp³-hybridized carbons (Fsp3) is 0.286. The summed E-state index contributed by atoms with van der Waals surface area (Å²) < 4.78 is 26.6. The Morgan fingerprint density at radius 3 is 2.21 bits per heavy atom. The number of carbonyl (C=O) groups excluding carboxylic acids is 3. The Morgan fingerprint density at radius 1 is 0.964 bits per heavy atom. The van der Waals surface area contributed by atoms with Gasteiger partial charge in [0.15, 0.2) is 17.4 Å². The minimum absolute atomic E-state index is 0.0322. The second kappa shape index (κ2) is 9.73. The van der Waals surface area contributed by atoms with Crippen molar-refractivity contribution in [3.63, 3.8) is 0 Å². The first-order valence-corrected chi connectivity index (χ1v) is 8.93. The van der Waals surface area contributed by atoms with Crippen LogP contribution >= 0.6 is 0 Å². The van der Waals surface area contributed by atoms with Crippen molar-refractivity contribution in [2.45, 2.75) is 32.2 Å². The summed E-state index contributed by atoms with van der Waals surface area (Å²) in [6.45, 7) is 2.01. The summed E-state index contributed by atoms with van der Waals surface area (Å²) in [6, 6.07) is 8.93. The molecule has 0 heterocycles. The third-order valence-electron chi connectivity index (χ3n) is 4.35. The zero-order chi connectivity index (χ0) is 20.7. The minimum Gasteiger partial charge on any atom is -0.357 e. The van der Waals surface area contributed by atoms with Gasteiger partial charge in [0.25, 0.3) is 0 Å². The largest absolute Gasteiger partial charge is 0.357 e. The first kappa shape index (κ1) is 21.2. The number of likely N-dealkylation sites (N-methyl/N-ethyl adjacent to an activating group) is 1. The van der Waals surface area contributed by atoms with Gasteiger partial charge in [-0.05, 0) is 29.7 Å². The molecule has 148 valence electrons. The van der Waals surface area contributed by atoms with Crippen molar-refractivity contribution in [2.75, 3.05) is 7.05 Å². The molecule has 0 radical (unpaired) electrons. The smallest absolute Gasteiger partial charge is 0.246 e. The average molecular weight is 388 g/mol. The number of amides is 2. The monoisotopic (exact) mass is 388 g/mol. The van der Waals surface area contributed by atoms with Gasteiger partial charge in [0, 0.05) is 25.5 Å². The first-order valence-electron chi connectivity index (χ1n) is 8.93. The lowest BCUT2D eigenvalue weighted by Gasteiger charge is -2.18. The molecule has 2 rings (SSSR count). The van der Waals surface area contributed by atoms with E-state index in [1.165, 1.54) is 13.1 Å². The van der Waals surface area contributed by atoms with Gasteiger partial charge < -0.3 is 10.6 Å². The van der Waals surface area contributed by atoms with E-state index in [1.807, 2.05) is 19.1 Å². The number of aryl methyl sites for hydroxylation is 1. The SMILES string of the molecule is CCc1ccc(C(=O)CCC(=O)NC(C(=O)NC)c2ccc(F)c(F)c2)cc1. The van der Waals surface area contributed by atoms with Gasteiger partial charge in [0.2, 0.25) is 11.8 Å². The molecule has 2 aromatic rings. The number of hydrogen-bond donors (Lipinski definition) is 2. The van der Waals surface area contributed by atoms with E-state index >= 15 is 0 Å². The number of halogens is 2. The second-order valence-corrected chi connectivity index (χ2v) is 6.26. The van der Waals surface area contributed by atoms with E-state index in [1.54, 1.807) is 12.1 Å². The van der Waals surface area contributed by atoms with Gasteiger partial charge in [-0.2, -0.15) is 0 Å². The first-order chi connectivity index (χ1) is 13.3. The van der Waals surface area contributed by atoms with E-state index in [-0.39, 0.29) is 24.2 Å². The molecule has 28 heavy (non-hydrogen) atoms. The van der Waals surface area contributed by atoms with Crippen molar-refractivity contribution in [3.05, 3.63) is 70.8 Å². The Kier molecular flexibility index (Phi) is 7.37. The fourth-order valence-corrected chi connectivity index (χ4v) is 2.67. The van der Waals surface area contributed by atoms with Gasteiger partial charge in [-0.3, -0.25) is 14.4 Å². The summed E-state index contributed by atoms with van der Waals surface area (Å²) in [6.07, 6.45) is 0.697. The van der Waals surface area contributed by atoms with Crippen LogP contribution in [0.15, 0.2) is 42.5 Å². The summed E-state index contributed by atoms with van der Waals surface area (Å²) in [7, 11) is 1.37. The number of nitrogens with one attached hydrogen (secondary N) is 2. The van der Waals surface area contributed by atoms with Crippen LogP contribution in [0.1, 0.15) is 47.3 Å². The van der Waals surface area contributed by atoms with E-state index in [0.717, 1.165) is 24.1 Å². The Labute approximate surface area is 162 Å². The number of ketones is 1. The summed E-state index contributed by atoms with van der Waals surface area (Å²) >= 11 is 0. The zero-order valence-electron chi connectivity index (χ0n) is 15.7. The molecule has 1 atom stereocenters. The molecule has 0 bridgehead atoms. The van der Waals surface area contributed by atoms with Crippen molar-refractivity contribution in [1.82, 2.24) is 10.6 Å². The minimum atomic E-state index is -1.19. The topological polar surface area (TPSA) is 75.3 Å². The molecule has 0 fully saturated rings. The van der Waals surface area contributed by atoms with Gasteiger partial charge in [-0.1, -0.05) is 37.3 Å². The van der Waals surface area contributed by atoms with E-state index < -0.39 is 29.5 Å². The second-order valence-electron chi connectivity index (χ2n) is 6.26. The van der Waals surface area contributed by atoms with Crippen molar-refractivity contribution in [3.8, 4) is 0 Å². The highest BCUT2D eigenvalue weighted by molar-refractivity contribution is 5.98. The van der Waals surface area contributed by atoms with Gasteiger partial charge in [-0.25, -0.2) is 8.78 Å². The van der Waals surface area contributed by atoms with Crippen molar-refractivity contribution in [1.29, 1.82) is 0 Å². The average Bonchev–Trinajstić information content (AvgIpc) is 2.71. The summed E-state index contributed by atoms with van der Waals surface area (Å²) in [4.78, 5) is 36.5. The molecule has 0 spiro atoms. The zero-order valence-corrected chi connectivity index (χ0v) is 15.7. The number of hydrogen-bond acceptors (Lipinski definition) is 3. The number of benzene rings is 2. The molecule has 2 aromatic carbocycles. The normalized spacial score (nSPS) is 11.6. The maximum Gasteiger partial charge on any atom is 0.246 e. The molecule has 5 nitrogen and oxygen atoms in total. The predicted molar refractivity (Wildman–Crippen MR) is 101 cm³/mol. The molecule has 0 saturated carbocycles. The van der Waals surface area contributed by atoms with Gasteiger partial charge in [0.05, 0.1) is 0 Å². The molecule has 0 aliphatic rings. The summed E-state index contributed by atoms with van der Waals surface area (Å²) in [5.74, 6) is -3.49. The Balaban J connectivity index is 2.01. The molecule has 0 aromatic heterocycles. The lowest BCUT2D eigenvalue weighted by atomic mass is 10.0. The summed E-state index contributed by atoms with van der Waals surface area (Å²) in [5.41, 5.74) is 1.72. The molecule has 1 unspecified atom stereocenters. The van der Waals surface area contributed by atoms with E-state index in [0.29, 0.717) is 5.56 Å². The van der Waals surface area contributed by atoms with Gasteiger partial charge >= 0.3 is 0 Å². The molecular weight excluding hydrogens is 366 g/mol. The van der Waals surface area contributed by atoms with Crippen molar-refractivity contribution >= 4 is 17.6 Å². The number of carbonyl (C=O) groups is 3. The van der Waals surface area contributed by atoms with Crippen LogP contribution in [0.25, 0.3) is 0 Å². The van der Waals surface area contributed by atoms with Gasteiger partial charge in [-0.15, -0.1) is 0 Å². The van der Waals surface area contributed by atoms with Crippen LogP contribution in [0.4, 0.5) is 8.78 Å². The van der Waals surface area contributed by atoms with Crippen LogP contribution in [0, 0.1) is 11.6 Å². The third kappa shape index (κ3) is 5.45. The maximum absolute atomic E-state index is 13.5. The van der Waals surface area contributed by atoms with E-state index in [9.17, 15) is 23.2 Å². The fourth-order valence-electron chi connectivity index (χ4n) is 2.67.